The SMILES string of the molecule is COc1ccc(CNC(=O)C(C)c2ccc(C(F)(F)F)cc2)cc1S(N)(=O)=O. The maximum atomic E-state index is 12.6. The van der Waals surface area contributed by atoms with Crippen molar-refractivity contribution in [1.82, 2.24) is 5.32 Å². The molecule has 1 atom stereocenters. The highest BCUT2D eigenvalue weighted by molar-refractivity contribution is 7.89. The minimum Gasteiger partial charge on any atom is -0.495 e. The standard InChI is InChI=1S/C18H19F3N2O4S/c1-11(13-4-6-14(7-5-13)18(19,20)21)17(24)23-10-12-3-8-15(27-2)16(9-12)28(22,25)26/h3-9,11H,10H2,1-2H3,(H,23,24)(H2,22,25,26). The molecule has 2 aromatic carbocycles. The van der Waals surface area contributed by atoms with Gasteiger partial charge in [0.2, 0.25) is 15.9 Å². The number of alkyl halides is 3. The molecule has 10 heteroatoms. The first kappa shape index (κ1) is 21.7. The molecule has 0 fully saturated rings. The maximum Gasteiger partial charge on any atom is 0.416 e. The Labute approximate surface area is 160 Å². The third kappa shape index (κ3) is 5.23. The number of carbonyl (C=O) groups excluding carboxylic acids is 1. The topological polar surface area (TPSA) is 98.5 Å². The van der Waals surface area contributed by atoms with Crippen LogP contribution in [0, 0.1) is 0 Å². The molecular weight excluding hydrogens is 397 g/mol. The summed E-state index contributed by atoms with van der Waals surface area (Å²) in [4.78, 5) is 12.1. The van der Waals surface area contributed by atoms with Crippen LogP contribution in [0.4, 0.5) is 13.2 Å². The van der Waals surface area contributed by atoms with Crippen LogP contribution >= 0.6 is 0 Å². The Hall–Kier alpha value is -2.59. The average Bonchev–Trinajstić information content (AvgIpc) is 2.64. The Morgan fingerprint density at radius 3 is 2.29 bits per heavy atom. The maximum absolute atomic E-state index is 12.6. The predicted octanol–water partition coefficient (Wildman–Crippen LogP) is 2.78. The van der Waals surface area contributed by atoms with Gasteiger partial charge < -0.3 is 10.1 Å². The average molecular weight is 416 g/mol. The minimum atomic E-state index is -4.45. The molecule has 0 saturated carbocycles. The van der Waals surface area contributed by atoms with Crippen LogP contribution in [0.15, 0.2) is 47.4 Å². The number of nitrogens with two attached hydrogens (primary N) is 1. The number of hydrogen-bond acceptors (Lipinski definition) is 4. The lowest BCUT2D eigenvalue weighted by molar-refractivity contribution is -0.137. The molecule has 1 amide bonds. The third-order valence-electron chi connectivity index (χ3n) is 4.13. The zero-order valence-corrected chi connectivity index (χ0v) is 15.9. The largest absolute Gasteiger partial charge is 0.495 e. The second kappa shape index (κ2) is 8.19. The molecule has 2 aromatic rings. The molecule has 0 saturated heterocycles. The van der Waals surface area contributed by atoms with Gasteiger partial charge in [0.05, 0.1) is 18.6 Å². The van der Waals surface area contributed by atoms with Gasteiger partial charge in [-0.1, -0.05) is 18.2 Å². The van der Waals surface area contributed by atoms with Gasteiger partial charge >= 0.3 is 6.18 Å². The van der Waals surface area contributed by atoms with Crippen molar-refractivity contribution in [3.8, 4) is 5.75 Å². The van der Waals surface area contributed by atoms with Gasteiger partial charge in [-0.15, -0.1) is 0 Å². The van der Waals surface area contributed by atoms with Gasteiger partial charge in [0, 0.05) is 6.54 Å². The summed E-state index contributed by atoms with van der Waals surface area (Å²) in [5.41, 5.74) is 0.0980. The summed E-state index contributed by atoms with van der Waals surface area (Å²) in [5.74, 6) is -1.04. The Kier molecular flexibility index (Phi) is 6.35. The number of sulfonamides is 1. The van der Waals surface area contributed by atoms with E-state index in [9.17, 15) is 26.4 Å². The fourth-order valence-electron chi connectivity index (χ4n) is 2.51. The number of halogens is 3. The van der Waals surface area contributed by atoms with Gasteiger partial charge in [-0.2, -0.15) is 13.2 Å². The first-order chi connectivity index (χ1) is 12.9. The molecule has 0 bridgehead atoms. The smallest absolute Gasteiger partial charge is 0.416 e. The number of amides is 1. The van der Waals surface area contributed by atoms with Crippen LogP contribution in [-0.4, -0.2) is 21.4 Å². The van der Waals surface area contributed by atoms with Gasteiger partial charge in [0.15, 0.2) is 0 Å². The van der Waals surface area contributed by atoms with Crippen LogP contribution in [0.2, 0.25) is 0 Å². The van der Waals surface area contributed by atoms with Crippen LogP contribution in [0.25, 0.3) is 0 Å². The van der Waals surface area contributed by atoms with Gasteiger partial charge in [-0.05, 0) is 42.3 Å². The molecule has 0 aromatic heterocycles. The van der Waals surface area contributed by atoms with Gasteiger partial charge in [-0.3, -0.25) is 4.79 Å². The number of carbonyl (C=O) groups is 1. The van der Waals surface area contributed by atoms with E-state index in [0.29, 0.717) is 11.1 Å². The number of primary sulfonamides is 1. The molecule has 0 aliphatic carbocycles. The van der Waals surface area contributed by atoms with Crippen LogP contribution in [-0.2, 0) is 27.5 Å². The van der Waals surface area contributed by atoms with Crippen molar-refractivity contribution < 1.29 is 31.1 Å². The molecule has 28 heavy (non-hydrogen) atoms. The van der Waals surface area contributed by atoms with Crippen molar-refractivity contribution in [2.45, 2.75) is 30.5 Å². The molecule has 0 aliphatic rings. The van der Waals surface area contributed by atoms with Crippen molar-refractivity contribution in [2.75, 3.05) is 7.11 Å². The number of rotatable bonds is 6. The van der Waals surface area contributed by atoms with Crippen LogP contribution < -0.4 is 15.2 Å². The molecular formula is C18H19F3N2O4S. The van der Waals surface area contributed by atoms with E-state index in [1.807, 2.05) is 0 Å². The minimum absolute atomic E-state index is 0.0102. The highest BCUT2D eigenvalue weighted by Crippen LogP contribution is 2.30. The molecule has 6 nitrogen and oxygen atoms in total. The summed E-state index contributed by atoms with van der Waals surface area (Å²) in [6.45, 7) is 1.57. The van der Waals surface area contributed by atoms with Crippen LogP contribution in [0.1, 0.15) is 29.5 Å². The number of methoxy groups -OCH3 is 1. The van der Waals surface area contributed by atoms with Gasteiger partial charge in [0.1, 0.15) is 10.6 Å². The van der Waals surface area contributed by atoms with Crippen LogP contribution in [0.3, 0.4) is 0 Å². The zero-order chi connectivity index (χ0) is 21.1. The van der Waals surface area contributed by atoms with Crippen LogP contribution in [0.5, 0.6) is 5.75 Å². The quantitative estimate of drug-likeness (QED) is 0.757. The van der Waals surface area contributed by atoms with Crippen molar-refractivity contribution >= 4 is 15.9 Å². The summed E-state index contributed by atoms with van der Waals surface area (Å²) >= 11 is 0. The summed E-state index contributed by atoms with van der Waals surface area (Å²) in [7, 11) is -2.71. The molecule has 0 heterocycles. The Morgan fingerprint density at radius 1 is 1.18 bits per heavy atom. The predicted molar refractivity (Wildman–Crippen MR) is 96.1 cm³/mol. The molecule has 0 radical (unpaired) electrons. The molecule has 0 spiro atoms. The fourth-order valence-corrected chi connectivity index (χ4v) is 3.26. The third-order valence-corrected chi connectivity index (χ3v) is 5.06. The lowest BCUT2D eigenvalue weighted by Crippen LogP contribution is -2.27. The number of hydrogen-bond donors (Lipinski definition) is 2. The summed E-state index contributed by atoms with van der Waals surface area (Å²) in [6.07, 6.45) is -4.45. The van der Waals surface area contributed by atoms with Crippen molar-refractivity contribution in [3.63, 3.8) is 0 Å². The summed E-state index contributed by atoms with van der Waals surface area (Å²) in [6, 6.07) is 8.61. The second-order valence-corrected chi connectivity index (χ2v) is 7.62. The monoisotopic (exact) mass is 416 g/mol. The molecule has 152 valence electrons. The highest BCUT2D eigenvalue weighted by atomic mass is 32.2. The normalized spacial score (nSPS) is 13.1. The first-order valence-corrected chi connectivity index (χ1v) is 9.62. The van der Waals surface area contributed by atoms with Crippen molar-refractivity contribution in [2.24, 2.45) is 5.14 Å². The second-order valence-electron chi connectivity index (χ2n) is 6.09. The molecule has 3 N–H and O–H groups in total. The van der Waals surface area contributed by atoms with Gasteiger partial charge in [0.25, 0.3) is 0 Å². The molecule has 0 aliphatic heterocycles. The van der Waals surface area contributed by atoms with Crippen molar-refractivity contribution in [3.05, 3.63) is 59.2 Å². The van der Waals surface area contributed by atoms with E-state index >= 15 is 0 Å². The van der Waals surface area contributed by atoms with E-state index in [4.69, 9.17) is 9.88 Å². The fraction of sp³-hybridized carbons (Fsp3) is 0.278. The number of nitrogens with one attached hydrogen (secondary N) is 1. The Balaban J connectivity index is 2.09. The molecule has 2 rings (SSSR count). The van der Waals surface area contributed by atoms with Gasteiger partial charge in [-0.25, -0.2) is 13.6 Å². The van der Waals surface area contributed by atoms with E-state index in [-0.39, 0.29) is 17.2 Å². The van der Waals surface area contributed by atoms with E-state index in [2.05, 4.69) is 5.32 Å². The summed E-state index contributed by atoms with van der Waals surface area (Å²) in [5, 5.41) is 7.77. The van der Waals surface area contributed by atoms with E-state index < -0.39 is 33.6 Å². The number of benzene rings is 2. The Bertz CT molecular complexity index is 958. The highest BCUT2D eigenvalue weighted by Gasteiger charge is 2.30. The lowest BCUT2D eigenvalue weighted by Gasteiger charge is -2.15. The van der Waals surface area contributed by atoms with E-state index in [1.54, 1.807) is 13.0 Å². The van der Waals surface area contributed by atoms with E-state index in [1.165, 1.54) is 31.4 Å². The zero-order valence-electron chi connectivity index (χ0n) is 15.1. The summed E-state index contributed by atoms with van der Waals surface area (Å²) < 4.78 is 66.1. The Morgan fingerprint density at radius 2 is 1.79 bits per heavy atom. The number of ether oxygens (including phenoxy) is 1. The lowest BCUT2D eigenvalue weighted by atomic mass is 9.99. The van der Waals surface area contributed by atoms with E-state index in [0.717, 1.165) is 12.1 Å². The first-order valence-electron chi connectivity index (χ1n) is 8.08. The molecule has 1 unspecified atom stereocenters. The van der Waals surface area contributed by atoms with Crippen molar-refractivity contribution in [1.29, 1.82) is 0 Å².